The number of ether oxygens (including phenoxy) is 3. The maximum absolute atomic E-state index is 13.3. The van der Waals surface area contributed by atoms with Gasteiger partial charge in [0.05, 0.1) is 26.4 Å². The lowest BCUT2D eigenvalue weighted by atomic mass is 10.1. The summed E-state index contributed by atoms with van der Waals surface area (Å²) < 4.78 is 69.0. The lowest BCUT2D eigenvalue weighted by Gasteiger charge is -2.17. The van der Waals surface area contributed by atoms with E-state index in [1.165, 1.54) is 21.3 Å². The molecule has 0 radical (unpaired) electrons. The maximum atomic E-state index is 13.3. The summed E-state index contributed by atoms with van der Waals surface area (Å²) in [5.74, 6) is 0.778. The second-order valence-electron chi connectivity index (χ2n) is 6.34. The molecule has 2 aromatic carbocycles. The van der Waals surface area contributed by atoms with Crippen molar-refractivity contribution in [2.75, 3.05) is 27.9 Å². The number of hydrogen-bond donors (Lipinski definition) is 2. The van der Waals surface area contributed by atoms with Crippen molar-refractivity contribution >= 4 is 29.9 Å². The van der Waals surface area contributed by atoms with Gasteiger partial charge in [-0.1, -0.05) is 6.07 Å². The quantitative estimate of drug-likeness (QED) is 0.208. The molecule has 0 fully saturated rings. The van der Waals surface area contributed by atoms with Gasteiger partial charge in [-0.3, -0.25) is 4.99 Å². The van der Waals surface area contributed by atoms with Gasteiger partial charge in [0.15, 0.2) is 17.5 Å². The highest BCUT2D eigenvalue weighted by molar-refractivity contribution is 14.0. The first-order chi connectivity index (χ1) is 14.7. The van der Waals surface area contributed by atoms with E-state index in [2.05, 4.69) is 15.6 Å². The molecule has 2 aromatic rings. The fraction of sp³-hybridized carbons (Fsp3) is 0.381. The minimum atomic E-state index is -4.66. The fourth-order valence-corrected chi connectivity index (χ4v) is 2.87. The van der Waals surface area contributed by atoms with Crippen LogP contribution in [0, 0.1) is 5.82 Å². The molecule has 0 aliphatic carbocycles. The molecule has 0 aliphatic heterocycles. The third-order valence-corrected chi connectivity index (χ3v) is 4.32. The van der Waals surface area contributed by atoms with Crippen LogP contribution in [-0.2, 0) is 19.3 Å². The van der Waals surface area contributed by atoms with Crippen LogP contribution in [0.3, 0.4) is 0 Å². The van der Waals surface area contributed by atoms with Crippen molar-refractivity contribution in [1.82, 2.24) is 10.6 Å². The molecule has 0 bridgehead atoms. The SMILES string of the molecule is CCOc1c(OC)cc(CNC(=NC)NCc2ccc(F)cc2C(F)(F)F)cc1OC.I. The van der Waals surface area contributed by atoms with E-state index in [1.807, 2.05) is 6.92 Å². The molecule has 0 amide bonds. The van der Waals surface area contributed by atoms with E-state index in [1.54, 1.807) is 12.1 Å². The smallest absolute Gasteiger partial charge is 0.416 e. The number of nitrogens with one attached hydrogen (secondary N) is 2. The molecule has 6 nitrogen and oxygen atoms in total. The van der Waals surface area contributed by atoms with Crippen molar-refractivity contribution in [1.29, 1.82) is 0 Å². The summed E-state index contributed by atoms with van der Waals surface area (Å²) in [5.41, 5.74) is -0.351. The lowest BCUT2D eigenvalue weighted by molar-refractivity contribution is -0.138. The molecule has 0 saturated carbocycles. The molecule has 11 heteroatoms. The van der Waals surface area contributed by atoms with Crippen molar-refractivity contribution in [3.8, 4) is 17.2 Å². The largest absolute Gasteiger partial charge is 0.493 e. The molecule has 32 heavy (non-hydrogen) atoms. The van der Waals surface area contributed by atoms with Gasteiger partial charge in [-0.15, -0.1) is 24.0 Å². The Bertz CT molecular complexity index is 899. The number of guanidine groups is 1. The summed E-state index contributed by atoms with van der Waals surface area (Å²) in [6.45, 7) is 2.37. The van der Waals surface area contributed by atoms with Gasteiger partial charge in [-0.25, -0.2) is 4.39 Å². The summed E-state index contributed by atoms with van der Waals surface area (Å²) >= 11 is 0. The van der Waals surface area contributed by atoms with Crippen molar-refractivity contribution in [2.24, 2.45) is 4.99 Å². The number of benzene rings is 2. The van der Waals surface area contributed by atoms with E-state index >= 15 is 0 Å². The molecule has 0 atom stereocenters. The number of alkyl halides is 3. The average Bonchev–Trinajstić information content (AvgIpc) is 2.74. The third-order valence-electron chi connectivity index (χ3n) is 4.32. The van der Waals surface area contributed by atoms with Crippen LogP contribution >= 0.6 is 24.0 Å². The number of rotatable bonds is 8. The van der Waals surface area contributed by atoms with Crippen molar-refractivity contribution < 1.29 is 31.8 Å². The molecule has 0 aliphatic rings. The van der Waals surface area contributed by atoms with Gasteiger partial charge in [0.1, 0.15) is 5.82 Å². The Kier molecular flexibility index (Phi) is 10.8. The number of methoxy groups -OCH3 is 2. The summed E-state index contributed by atoms with van der Waals surface area (Å²) in [6, 6.07) is 6.08. The Morgan fingerprint density at radius 2 is 1.59 bits per heavy atom. The van der Waals surface area contributed by atoms with Crippen molar-refractivity contribution in [3.05, 3.63) is 52.8 Å². The highest BCUT2D eigenvalue weighted by Gasteiger charge is 2.33. The van der Waals surface area contributed by atoms with E-state index in [9.17, 15) is 17.6 Å². The molecule has 0 aromatic heterocycles. The summed E-state index contributed by atoms with van der Waals surface area (Å²) in [6.07, 6.45) is -4.66. The fourth-order valence-electron chi connectivity index (χ4n) is 2.87. The summed E-state index contributed by atoms with van der Waals surface area (Å²) in [4.78, 5) is 4.01. The van der Waals surface area contributed by atoms with Gasteiger partial charge >= 0.3 is 6.18 Å². The molecular weight excluding hydrogens is 545 g/mol. The Balaban J connectivity index is 0.00000512. The topological polar surface area (TPSA) is 64.1 Å². The predicted molar refractivity (Wildman–Crippen MR) is 125 cm³/mol. The first-order valence-electron chi connectivity index (χ1n) is 9.41. The third kappa shape index (κ3) is 7.31. The van der Waals surface area contributed by atoms with Crippen LogP contribution in [0.1, 0.15) is 23.6 Å². The molecule has 2 rings (SSSR count). The van der Waals surface area contributed by atoms with E-state index in [0.29, 0.717) is 29.9 Å². The van der Waals surface area contributed by atoms with Crippen LogP contribution in [0.15, 0.2) is 35.3 Å². The minimum absolute atomic E-state index is 0. The summed E-state index contributed by atoms with van der Waals surface area (Å²) in [5, 5.41) is 5.82. The monoisotopic (exact) mass is 571 g/mol. The van der Waals surface area contributed by atoms with Gasteiger partial charge in [0.25, 0.3) is 0 Å². The Morgan fingerprint density at radius 3 is 2.09 bits per heavy atom. The van der Waals surface area contributed by atoms with Crippen molar-refractivity contribution in [3.63, 3.8) is 0 Å². The number of nitrogens with zero attached hydrogens (tertiary/aromatic N) is 1. The molecular formula is C21H26F4IN3O3. The maximum Gasteiger partial charge on any atom is 0.416 e. The zero-order valence-corrected chi connectivity index (χ0v) is 20.4. The normalized spacial score (nSPS) is 11.4. The highest BCUT2D eigenvalue weighted by atomic mass is 127. The van der Waals surface area contributed by atoms with Crippen molar-refractivity contribution in [2.45, 2.75) is 26.2 Å². The molecule has 2 N–H and O–H groups in total. The number of halogens is 5. The zero-order chi connectivity index (χ0) is 23.0. The molecule has 0 spiro atoms. The second-order valence-corrected chi connectivity index (χ2v) is 6.34. The average molecular weight is 571 g/mol. The van der Waals surface area contributed by atoms with Crippen LogP contribution in [0.2, 0.25) is 0 Å². The minimum Gasteiger partial charge on any atom is -0.493 e. The predicted octanol–water partition coefficient (Wildman–Crippen LogP) is 4.74. The van der Waals surface area contributed by atoms with E-state index in [0.717, 1.165) is 17.7 Å². The summed E-state index contributed by atoms with van der Waals surface area (Å²) in [7, 11) is 4.51. The number of aliphatic imine (C=N–C) groups is 1. The Morgan fingerprint density at radius 1 is 1.00 bits per heavy atom. The van der Waals surface area contributed by atoms with Gasteiger partial charge in [0.2, 0.25) is 5.75 Å². The molecule has 178 valence electrons. The van der Waals surface area contributed by atoms with Gasteiger partial charge in [-0.2, -0.15) is 13.2 Å². The second kappa shape index (κ2) is 12.6. The van der Waals surface area contributed by atoms with Crippen LogP contribution in [0.5, 0.6) is 17.2 Å². The van der Waals surface area contributed by atoms with Crippen LogP contribution < -0.4 is 24.8 Å². The van der Waals surface area contributed by atoms with E-state index in [-0.39, 0.29) is 48.6 Å². The standard InChI is InChI=1S/C21H25F4N3O3.HI/c1-5-31-19-17(29-3)8-13(9-18(19)30-4)11-27-20(26-2)28-12-14-6-7-15(22)10-16(14)21(23,24)25;/h6-10H,5,11-12H2,1-4H3,(H2,26,27,28);1H. The number of hydrogen-bond acceptors (Lipinski definition) is 4. The molecule has 0 saturated heterocycles. The van der Waals surface area contributed by atoms with Gasteiger partial charge in [0, 0.05) is 20.1 Å². The highest BCUT2D eigenvalue weighted by Crippen LogP contribution is 2.38. The van der Waals surface area contributed by atoms with Crippen LogP contribution in [0.4, 0.5) is 17.6 Å². The van der Waals surface area contributed by atoms with E-state index in [4.69, 9.17) is 14.2 Å². The first-order valence-corrected chi connectivity index (χ1v) is 9.41. The van der Waals surface area contributed by atoms with Crippen LogP contribution in [0.25, 0.3) is 0 Å². The molecule has 0 heterocycles. The molecule has 0 unspecified atom stereocenters. The van der Waals surface area contributed by atoms with Gasteiger partial charge in [-0.05, 0) is 42.3 Å². The first kappa shape index (κ1) is 27.6. The van der Waals surface area contributed by atoms with Gasteiger partial charge < -0.3 is 24.8 Å². The lowest BCUT2D eigenvalue weighted by Crippen LogP contribution is -2.36. The van der Waals surface area contributed by atoms with Crippen LogP contribution in [-0.4, -0.2) is 33.8 Å². The van der Waals surface area contributed by atoms with E-state index < -0.39 is 17.6 Å². The Labute approximate surface area is 201 Å². The Hall–Kier alpha value is -2.44. The zero-order valence-electron chi connectivity index (χ0n) is 18.1.